The number of rotatable bonds is 4. The Balaban J connectivity index is 1.54. The van der Waals surface area contributed by atoms with Crippen LogP contribution in [0.15, 0.2) is 40.9 Å². The number of carbonyl (C=O) groups is 1. The average Bonchev–Trinajstić information content (AvgIpc) is 2.62. The van der Waals surface area contributed by atoms with Crippen molar-refractivity contribution in [2.75, 3.05) is 18.4 Å². The molecule has 1 heterocycles. The molecule has 0 bridgehead atoms. The Morgan fingerprint density at radius 2 is 1.85 bits per heavy atom. The van der Waals surface area contributed by atoms with Crippen LogP contribution in [-0.2, 0) is 11.3 Å². The number of likely N-dealkylation sites (tertiary alicyclic amines) is 1. The average molecular weight is 456 g/mol. The molecule has 1 N–H and O–H groups in total. The van der Waals surface area contributed by atoms with E-state index in [2.05, 4.69) is 26.1 Å². The molecule has 0 aromatic heterocycles. The smallest absolute Gasteiger partial charge is 0.227 e. The second-order valence-corrected chi connectivity index (χ2v) is 8.37. The molecular formula is C20H21BrCl2N2O. The summed E-state index contributed by atoms with van der Waals surface area (Å²) >= 11 is 16.0. The number of nitrogens with zero attached hydrogens (tertiary/aromatic N) is 1. The van der Waals surface area contributed by atoms with E-state index in [1.54, 1.807) is 0 Å². The molecule has 0 unspecified atom stereocenters. The highest BCUT2D eigenvalue weighted by molar-refractivity contribution is 9.10. The number of nitrogens with one attached hydrogen (secondary N) is 1. The number of hydrogen-bond acceptors (Lipinski definition) is 2. The summed E-state index contributed by atoms with van der Waals surface area (Å²) in [5.41, 5.74) is 2.92. The van der Waals surface area contributed by atoms with Crippen LogP contribution in [0.3, 0.4) is 0 Å². The summed E-state index contributed by atoms with van der Waals surface area (Å²) in [4.78, 5) is 14.9. The molecule has 0 saturated carbocycles. The van der Waals surface area contributed by atoms with E-state index < -0.39 is 0 Å². The van der Waals surface area contributed by atoms with Gasteiger partial charge in [0, 0.05) is 38.2 Å². The molecule has 1 fully saturated rings. The summed E-state index contributed by atoms with van der Waals surface area (Å²) in [5, 5.41) is 4.44. The highest BCUT2D eigenvalue weighted by Gasteiger charge is 2.25. The zero-order valence-corrected chi connectivity index (χ0v) is 17.7. The second kappa shape index (κ2) is 8.75. The Kier molecular flexibility index (Phi) is 6.62. The van der Waals surface area contributed by atoms with Crippen LogP contribution in [0.2, 0.25) is 10.0 Å². The van der Waals surface area contributed by atoms with Gasteiger partial charge in [-0.2, -0.15) is 0 Å². The summed E-state index contributed by atoms with van der Waals surface area (Å²) in [5.74, 6) is 0.138. The van der Waals surface area contributed by atoms with E-state index in [4.69, 9.17) is 23.2 Å². The number of amides is 1. The molecule has 138 valence electrons. The van der Waals surface area contributed by atoms with E-state index >= 15 is 0 Å². The lowest BCUT2D eigenvalue weighted by atomic mass is 9.95. The topological polar surface area (TPSA) is 32.3 Å². The minimum absolute atomic E-state index is 0.0388. The van der Waals surface area contributed by atoms with Crippen molar-refractivity contribution in [3.05, 3.63) is 62.0 Å². The third-order valence-electron chi connectivity index (χ3n) is 4.83. The number of piperidine rings is 1. The summed E-state index contributed by atoms with van der Waals surface area (Å²) in [6, 6.07) is 11.4. The molecular weight excluding hydrogens is 435 g/mol. The Morgan fingerprint density at radius 3 is 2.46 bits per heavy atom. The van der Waals surface area contributed by atoms with Gasteiger partial charge in [0.05, 0.1) is 0 Å². The lowest BCUT2D eigenvalue weighted by Crippen LogP contribution is -2.37. The van der Waals surface area contributed by atoms with Crippen molar-refractivity contribution in [1.29, 1.82) is 0 Å². The van der Waals surface area contributed by atoms with Crippen molar-refractivity contribution < 1.29 is 4.79 Å². The highest BCUT2D eigenvalue weighted by Crippen LogP contribution is 2.28. The van der Waals surface area contributed by atoms with Crippen LogP contribution >= 0.6 is 39.1 Å². The zero-order chi connectivity index (χ0) is 18.7. The lowest BCUT2D eigenvalue weighted by Gasteiger charge is -2.31. The predicted molar refractivity (Wildman–Crippen MR) is 112 cm³/mol. The van der Waals surface area contributed by atoms with Gasteiger partial charge in [0.25, 0.3) is 0 Å². The predicted octanol–water partition coefficient (Wildman–Crippen LogP) is 5.92. The van der Waals surface area contributed by atoms with Gasteiger partial charge in [0.15, 0.2) is 0 Å². The number of benzene rings is 2. The van der Waals surface area contributed by atoms with Gasteiger partial charge in [-0.15, -0.1) is 0 Å². The van der Waals surface area contributed by atoms with Gasteiger partial charge < -0.3 is 5.32 Å². The molecule has 0 aliphatic carbocycles. The molecule has 1 saturated heterocycles. The van der Waals surface area contributed by atoms with Gasteiger partial charge in [0.2, 0.25) is 5.91 Å². The van der Waals surface area contributed by atoms with Crippen molar-refractivity contribution in [3.8, 4) is 0 Å². The first-order valence-electron chi connectivity index (χ1n) is 8.66. The molecule has 0 spiro atoms. The Bertz CT molecular complexity index is 784. The normalized spacial score (nSPS) is 15.8. The molecule has 1 aliphatic heterocycles. The van der Waals surface area contributed by atoms with Crippen molar-refractivity contribution in [2.24, 2.45) is 5.92 Å². The van der Waals surface area contributed by atoms with Crippen LogP contribution in [0.4, 0.5) is 5.69 Å². The van der Waals surface area contributed by atoms with Crippen LogP contribution in [0.5, 0.6) is 0 Å². The summed E-state index contributed by atoms with van der Waals surface area (Å²) < 4.78 is 1.04. The maximum absolute atomic E-state index is 12.6. The van der Waals surface area contributed by atoms with Gasteiger partial charge >= 0.3 is 0 Å². The standard InChI is InChI=1S/C20H21BrCl2N2O/c1-13-11-15(5-6-17(13)21)24-20(26)14-7-9-25(10-8-14)12-16-18(22)3-2-4-19(16)23/h2-6,11,14H,7-10,12H2,1H3,(H,24,26). The molecule has 2 aromatic carbocycles. The van der Waals surface area contributed by atoms with Crippen LogP contribution in [0, 0.1) is 12.8 Å². The molecule has 26 heavy (non-hydrogen) atoms. The molecule has 1 amide bonds. The van der Waals surface area contributed by atoms with E-state index in [0.29, 0.717) is 10.0 Å². The summed E-state index contributed by atoms with van der Waals surface area (Å²) in [6.07, 6.45) is 1.67. The fourth-order valence-electron chi connectivity index (χ4n) is 3.23. The largest absolute Gasteiger partial charge is 0.326 e. The van der Waals surface area contributed by atoms with Gasteiger partial charge in [-0.25, -0.2) is 0 Å². The first-order chi connectivity index (χ1) is 12.4. The van der Waals surface area contributed by atoms with Crippen molar-refractivity contribution in [1.82, 2.24) is 4.90 Å². The SMILES string of the molecule is Cc1cc(NC(=O)C2CCN(Cc3c(Cl)cccc3Cl)CC2)ccc1Br. The van der Waals surface area contributed by atoms with E-state index in [-0.39, 0.29) is 11.8 Å². The minimum Gasteiger partial charge on any atom is -0.326 e. The van der Waals surface area contributed by atoms with Crippen LogP contribution in [0.25, 0.3) is 0 Å². The summed E-state index contributed by atoms with van der Waals surface area (Å²) in [7, 11) is 0. The van der Waals surface area contributed by atoms with Gasteiger partial charge in [-0.1, -0.05) is 45.2 Å². The zero-order valence-electron chi connectivity index (χ0n) is 14.6. The molecule has 0 atom stereocenters. The number of aryl methyl sites for hydroxylation is 1. The Labute approximate surface area is 172 Å². The molecule has 1 aliphatic rings. The van der Waals surface area contributed by atoms with Crippen LogP contribution < -0.4 is 5.32 Å². The maximum atomic E-state index is 12.6. The Hall–Kier alpha value is -1.07. The number of carbonyl (C=O) groups excluding carboxylic acids is 1. The van der Waals surface area contributed by atoms with Crippen molar-refractivity contribution in [3.63, 3.8) is 0 Å². The number of hydrogen-bond donors (Lipinski definition) is 1. The molecule has 3 nitrogen and oxygen atoms in total. The second-order valence-electron chi connectivity index (χ2n) is 6.70. The molecule has 6 heteroatoms. The van der Waals surface area contributed by atoms with Crippen molar-refractivity contribution in [2.45, 2.75) is 26.3 Å². The minimum atomic E-state index is 0.0388. The Morgan fingerprint density at radius 1 is 1.19 bits per heavy atom. The molecule has 2 aromatic rings. The summed E-state index contributed by atoms with van der Waals surface area (Å²) in [6.45, 7) is 4.45. The molecule has 3 rings (SSSR count). The quantitative estimate of drug-likeness (QED) is 0.620. The lowest BCUT2D eigenvalue weighted by molar-refractivity contribution is -0.121. The van der Waals surface area contributed by atoms with Gasteiger partial charge in [0.1, 0.15) is 0 Å². The number of halogens is 3. The molecule has 0 radical (unpaired) electrons. The highest BCUT2D eigenvalue weighted by atomic mass is 79.9. The van der Waals surface area contributed by atoms with E-state index in [9.17, 15) is 4.79 Å². The monoisotopic (exact) mass is 454 g/mol. The first-order valence-corrected chi connectivity index (χ1v) is 10.2. The fraction of sp³-hybridized carbons (Fsp3) is 0.350. The third kappa shape index (κ3) is 4.80. The first kappa shape index (κ1) is 19.7. The third-order valence-corrected chi connectivity index (χ3v) is 6.43. The van der Waals surface area contributed by atoms with Crippen LogP contribution in [0.1, 0.15) is 24.0 Å². The van der Waals surface area contributed by atoms with E-state index in [0.717, 1.165) is 53.8 Å². The van der Waals surface area contributed by atoms with Crippen LogP contribution in [-0.4, -0.2) is 23.9 Å². The fourth-order valence-corrected chi connectivity index (χ4v) is 3.99. The van der Waals surface area contributed by atoms with Crippen molar-refractivity contribution >= 4 is 50.7 Å². The van der Waals surface area contributed by atoms with E-state index in [1.807, 2.05) is 43.3 Å². The van der Waals surface area contributed by atoms with Gasteiger partial charge in [-0.05, 0) is 68.8 Å². The number of anilines is 1. The van der Waals surface area contributed by atoms with Gasteiger partial charge in [-0.3, -0.25) is 9.69 Å². The maximum Gasteiger partial charge on any atom is 0.227 e. The van der Waals surface area contributed by atoms with E-state index in [1.165, 1.54) is 0 Å².